The molecule has 2 aliphatic heterocycles. The molecule has 1 aromatic carbocycles. The largest absolute Gasteiger partial charge is 0.504 e. The van der Waals surface area contributed by atoms with Gasteiger partial charge in [-0.05, 0) is 57.5 Å². The molecule has 2 aliphatic rings. The van der Waals surface area contributed by atoms with Gasteiger partial charge in [-0.1, -0.05) is 23.9 Å². The molecule has 2 fully saturated rings. The van der Waals surface area contributed by atoms with E-state index >= 15 is 0 Å². The summed E-state index contributed by atoms with van der Waals surface area (Å²) >= 11 is 1.77. The van der Waals surface area contributed by atoms with E-state index in [0.29, 0.717) is 11.7 Å². The molecule has 2 aromatic rings. The van der Waals surface area contributed by atoms with E-state index in [1.54, 1.807) is 24.9 Å². The first-order valence-electron chi connectivity index (χ1n) is 11.0. The number of rotatable bonds is 8. The minimum absolute atomic E-state index is 0.251. The quantitative estimate of drug-likeness (QED) is 0.507. The zero-order valence-electron chi connectivity index (χ0n) is 17.8. The van der Waals surface area contributed by atoms with E-state index in [-0.39, 0.29) is 5.75 Å². The van der Waals surface area contributed by atoms with E-state index in [1.807, 2.05) is 18.3 Å². The number of ether oxygens (including phenoxy) is 1. The fraction of sp³-hybridized carbons (Fsp3) is 0.565. The third-order valence-electron chi connectivity index (χ3n) is 6.11. The van der Waals surface area contributed by atoms with Crippen molar-refractivity contribution >= 4 is 11.8 Å². The minimum Gasteiger partial charge on any atom is -0.504 e. The van der Waals surface area contributed by atoms with Gasteiger partial charge in [0.1, 0.15) is 0 Å². The van der Waals surface area contributed by atoms with Gasteiger partial charge in [-0.3, -0.25) is 4.90 Å². The van der Waals surface area contributed by atoms with Gasteiger partial charge in [0.15, 0.2) is 16.7 Å². The molecule has 0 spiro atoms. The van der Waals surface area contributed by atoms with Crippen molar-refractivity contribution in [3.63, 3.8) is 0 Å². The van der Waals surface area contributed by atoms with Gasteiger partial charge in [-0.2, -0.15) is 0 Å². The zero-order valence-corrected chi connectivity index (χ0v) is 18.6. The summed E-state index contributed by atoms with van der Waals surface area (Å²) < 4.78 is 5.25. The molecule has 0 aliphatic carbocycles. The van der Waals surface area contributed by atoms with Gasteiger partial charge in [0.25, 0.3) is 0 Å². The number of phenolic OH excluding ortho intramolecular Hbond substituents is 1. The van der Waals surface area contributed by atoms with E-state index in [1.165, 1.54) is 25.9 Å². The maximum Gasteiger partial charge on any atom is 0.187 e. The SMILES string of the molecule is COc1cccc(CN2CCC[C@H](c3ccnc(SCCN4CCCC4)n3)C2)c1O. The maximum absolute atomic E-state index is 10.4. The molecule has 3 heterocycles. The molecule has 4 rings (SSSR count). The number of methoxy groups -OCH3 is 1. The van der Waals surface area contributed by atoms with E-state index < -0.39 is 0 Å². The van der Waals surface area contributed by atoms with Crippen LogP contribution in [0.3, 0.4) is 0 Å². The first-order valence-corrected chi connectivity index (χ1v) is 12.0. The predicted octanol–water partition coefficient (Wildman–Crippen LogP) is 3.76. The lowest BCUT2D eigenvalue weighted by Crippen LogP contribution is -2.34. The predicted molar refractivity (Wildman–Crippen MR) is 120 cm³/mol. The lowest BCUT2D eigenvalue weighted by atomic mass is 9.94. The maximum atomic E-state index is 10.4. The molecule has 1 N–H and O–H groups in total. The number of benzene rings is 1. The Morgan fingerprint density at radius 1 is 1.13 bits per heavy atom. The summed E-state index contributed by atoms with van der Waals surface area (Å²) in [5, 5.41) is 11.3. The van der Waals surface area contributed by atoms with Crippen LogP contribution in [0.2, 0.25) is 0 Å². The molecular formula is C23H32N4O2S. The van der Waals surface area contributed by atoms with Gasteiger partial charge in [0.2, 0.25) is 0 Å². The van der Waals surface area contributed by atoms with Gasteiger partial charge in [0.05, 0.1) is 7.11 Å². The summed E-state index contributed by atoms with van der Waals surface area (Å²) in [6.07, 6.45) is 6.87. The van der Waals surface area contributed by atoms with Crippen molar-refractivity contribution < 1.29 is 9.84 Å². The van der Waals surface area contributed by atoms with Crippen molar-refractivity contribution in [2.75, 3.05) is 45.6 Å². The van der Waals surface area contributed by atoms with Crippen LogP contribution in [0.5, 0.6) is 11.5 Å². The van der Waals surface area contributed by atoms with Crippen LogP contribution in [-0.2, 0) is 6.54 Å². The molecule has 30 heavy (non-hydrogen) atoms. The summed E-state index contributed by atoms with van der Waals surface area (Å²) in [7, 11) is 1.59. The van der Waals surface area contributed by atoms with Crippen molar-refractivity contribution in [2.45, 2.75) is 43.3 Å². The molecule has 7 heteroatoms. The standard InChI is InChI=1S/C23H32N4O2S/c1-29-21-8-4-6-19(22(21)28)17-27-13-5-7-18(16-27)20-9-10-24-23(25-20)30-15-14-26-11-2-3-12-26/h4,6,8-10,18,28H,2-3,5,7,11-17H2,1H3/t18-/m0/s1. The number of aromatic nitrogens is 2. The third-order valence-corrected chi connectivity index (χ3v) is 6.95. The Hall–Kier alpha value is -1.83. The van der Waals surface area contributed by atoms with Crippen molar-refractivity contribution in [3.8, 4) is 11.5 Å². The zero-order chi connectivity index (χ0) is 20.8. The summed E-state index contributed by atoms with van der Waals surface area (Å²) in [5.74, 6) is 2.25. The Labute approximate surface area is 183 Å². The van der Waals surface area contributed by atoms with Crippen molar-refractivity contribution in [2.24, 2.45) is 0 Å². The van der Waals surface area contributed by atoms with Crippen molar-refractivity contribution in [1.29, 1.82) is 0 Å². The Balaban J connectivity index is 1.35. The second kappa shape index (κ2) is 10.5. The summed E-state index contributed by atoms with van der Waals surface area (Å²) in [6.45, 7) is 6.31. The van der Waals surface area contributed by atoms with Gasteiger partial charge in [-0.15, -0.1) is 0 Å². The number of thioether (sulfide) groups is 1. The van der Waals surface area contributed by atoms with Crippen molar-refractivity contribution in [1.82, 2.24) is 19.8 Å². The Bertz CT molecular complexity index is 829. The molecule has 0 radical (unpaired) electrons. The highest BCUT2D eigenvalue weighted by Crippen LogP contribution is 2.32. The van der Waals surface area contributed by atoms with Crippen LogP contribution in [0.25, 0.3) is 0 Å². The number of para-hydroxylation sites is 1. The Morgan fingerprint density at radius 2 is 1.97 bits per heavy atom. The Morgan fingerprint density at radius 3 is 2.80 bits per heavy atom. The molecule has 1 atom stereocenters. The average molecular weight is 429 g/mol. The van der Waals surface area contributed by atoms with Crippen LogP contribution < -0.4 is 4.74 Å². The number of aromatic hydroxyl groups is 1. The summed E-state index contributed by atoms with van der Waals surface area (Å²) in [4.78, 5) is 14.3. The molecule has 0 bridgehead atoms. The second-order valence-corrected chi connectivity index (χ2v) is 9.27. The fourth-order valence-corrected chi connectivity index (χ4v) is 5.30. The molecule has 2 saturated heterocycles. The molecule has 6 nitrogen and oxygen atoms in total. The van der Waals surface area contributed by atoms with Gasteiger partial charge < -0.3 is 14.7 Å². The number of nitrogens with zero attached hydrogens (tertiary/aromatic N) is 4. The van der Waals surface area contributed by atoms with E-state index in [2.05, 4.69) is 20.9 Å². The smallest absolute Gasteiger partial charge is 0.187 e. The summed E-state index contributed by atoms with van der Waals surface area (Å²) in [6, 6.07) is 7.77. The van der Waals surface area contributed by atoms with Crippen molar-refractivity contribution in [3.05, 3.63) is 41.7 Å². The lowest BCUT2D eigenvalue weighted by molar-refractivity contribution is 0.195. The van der Waals surface area contributed by atoms with Gasteiger partial charge in [-0.25, -0.2) is 9.97 Å². The third kappa shape index (κ3) is 5.45. The van der Waals surface area contributed by atoms with Crippen LogP contribution >= 0.6 is 11.8 Å². The summed E-state index contributed by atoms with van der Waals surface area (Å²) in [5.41, 5.74) is 2.06. The fourth-order valence-electron chi connectivity index (χ4n) is 4.46. The highest BCUT2D eigenvalue weighted by molar-refractivity contribution is 7.99. The van der Waals surface area contributed by atoms with Crippen LogP contribution in [0.4, 0.5) is 0 Å². The first kappa shape index (κ1) is 21.4. The van der Waals surface area contributed by atoms with E-state index in [9.17, 15) is 5.11 Å². The number of likely N-dealkylation sites (tertiary alicyclic amines) is 2. The number of hydrogen-bond donors (Lipinski definition) is 1. The monoisotopic (exact) mass is 428 g/mol. The molecule has 0 unspecified atom stereocenters. The molecule has 1 aromatic heterocycles. The van der Waals surface area contributed by atoms with Crippen LogP contribution in [-0.4, -0.2) is 70.5 Å². The average Bonchev–Trinajstić information content (AvgIpc) is 3.29. The van der Waals surface area contributed by atoms with Gasteiger partial charge >= 0.3 is 0 Å². The van der Waals surface area contributed by atoms with Crippen LogP contribution in [0, 0.1) is 0 Å². The second-order valence-electron chi connectivity index (χ2n) is 8.20. The van der Waals surface area contributed by atoms with Crippen LogP contribution in [0.1, 0.15) is 42.9 Å². The highest BCUT2D eigenvalue weighted by Gasteiger charge is 2.24. The molecule has 0 saturated carbocycles. The topological polar surface area (TPSA) is 61.7 Å². The highest BCUT2D eigenvalue weighted by atomic mass is 32.2. The lowest BCUT2D eigenvalue weighted by Gasteiger charge is -2.32. The Kier molecular flexibility index (Phi) is 7.47. The molecule has 162 valence electrons. The first-order chi connectivity index (χ1) is 14.7. The van der Waals surface area contributed by atoms with E-state index in [4.69, 9.17) is 9.72 Å². The number of hydrogen-bond acceptors (Lipinski definition) is 7. The number of phenols is 1. The van der Waals surface area contributed by atoms with E-state index in [0.717, 1.165) is 61.2 Å². The van der Waals surface area contributed by atoms with Crippen LogP contribution in [0.15, 0.2) is 35.6 Å². The minimum atomic E-state index is 0.251. The van der Waals surface area contributed by atoms with Gasteiger partial charge in [0, 0.05) is 48.8 Å². The normalized spacial score (nSPS) is 20.5. The number of piperidine rings is 1. The molecule has 0 amide bonds. The molecular weight excluding hydrogens is 396 g/mol.